The highest BCUT2D eigenvalue weighted by atomic mass is 16.2. The number of nitrogens with one attached hydrogen (secondary N) is 2. The van der Waals surface area contributed by atoms with Gasteiger partial charge in [-0.05, 0) is 6.92 Å². The molecule has 0 amide bonds. The van der Waals surface area contributed by atoms with Crippen LogP contribution < -0.4 is 22.4 Å². The van der Waals surface area contributed by atoms with E-state index in [1.54, 1.807) is 26.0 Å². The minimum atomic E-state index is -0.518. The van der Waals surface area contributed by atoms with Crippen molar-refractivity contribution >= 4 is 11.5 Å². The van der Waals surface area contributed by atoms with Gasteiger partial charge in [0.1, 0.15) is 5.82 Å². The summed E-state index contributed by atoms with van der Waals surface area (Å²) in [6.07, 6.45) is 0. The van der Waals surface area contributed by atoms with E-state index in [0.717, 1.165) is 0 Å². The average molecular weight is 213 g/mol. The second-order valence-corrected chi connectivity index (χ2v) is 3.27. The maximum absolute atomic E-state index is 11.4. The molecule has 15 heavy (non-hydrogen) atoms. The Morgan fingerprint density at radius 3 is 2.53 bits per heavy atom. The average Bonchev–Trinajstić information content (AvgIpc) is 2.12. The minimum Gasteiger partial charge on any atom is -0.383 e. The quantitative estimate of drug-likeness (QED) is 0.561. The Balaban J connectivity index is 3.39. The van der Waals surface area contributed by atoms with Crippen molar-refractivity contribution in [2.75, 3.05) is 25.3 Å². The van der Waals surface area contributed by atoms with E-state index in [4.69, 9.17) is 5.73 Å². The van der Waals surface area contributed by atoms with Crippen LogP contribution in [0.5, 0.6) is 0 Å². The fraction of sp³-hybridized carbons (Fsp3) is 0.500. The lowest BCUT2D eigenvalue weighted by Crippen LogP contribution is -2.36. The highest BCUT2D eigenvalue weighted by molar-refractivity contribution is 5.59. The van der Waals surface area contributed by atoms with Gasteiger partial charge in [-0.1, -0.05) is 0 Å². The number of hydrogen-bond acceptors (Lipinski definition) is 5. The lowest BCUT2D eigenvalue weighted by Gasteiger charge is -2.16. The molecule has 0 saturated heterocycles. The molecule has 1 aromatic heterocycles. The summed E-state index contributed by atoms with van der Waals surface area (Å²) >= 11 is 0. The zero-order valence-electron chi connectivity index (χ0n) is 9.00. The standard InChI is InChI=1S/C8H15N5O2/c1-4-13-6(9)5(11-12(2)3)7(14)10-8(13)15/h11H,4,9H2,1-3H3,(H,10,14,15). The lowest BCUT2D eigenvalue weighted by molar-refractivity contribution is 0.493. The molecule has 0 aliphatic heterocycles. The van der Waals surface area contributed by atoms with Gasteiger partial charge in [0.2, 0.25) is 0 Å². The monoisotopic (exact) mass is 213 g/mol. The lowest BCUT2D eigenvalue weighted by atomic mass is 10.4. The maximum atomic E-state index is 11.4. The van der Waals surface area contributed by atoms with E-state index in [1.807, 2.05) is 0 Å². The van der Waals surface area contributed by atoms with E-state index in [-0.39, 0.29) is 11.5 Å². The van der Waals surface area contributed by atoms with Crippen LogP contribution in [-0.2, 0) is 6.54 Å². The second kappa shape index (κ2) is 4.18. The third-order valence-corrected chi connectivity index (χ3v) is 1.89. The van der Waals surface area contributed by atoms with Crippen LogP contribution in [0.4, 0.5) is 11.5 Å². The summed E-state index contributed by atoms with van der Waals surface area (Å²) < 4.78 is 1.28. The molecule has 4 N–H and O–H groups in total. The predicted molar refractivity (Wildman–Crippen MR) is 58.7 cm³/mol. The molecule has 0 bridgehead atoms. The van der Waals surface area contributed by atoms with E-state index in [1.165, 1.54) is 4.57 Å². The SMILES string of the molecule is CCn1c(N)c(NN(C)C)c(=O)[nH]c1=O. The number of H-pyrrole nitrogens is 1. The molecule has 0 radical (unpaired) electrons. The molecule has 84 valence electrons. The summed E-state index contributed by atoms with van der Waals surface area (Å²) in [6.45, 7) is 2.18. The number of aromatic amines is 1. The van der Waals surface area contributed by atoms with Gasteiger partial charge in [-0.2, -0.15) is 0 Å². The van der Waals surface area contributed by atoms with E-state index >= 15 is 0 Å². The van der Waals surface area contributed by atoms with Crippen LogP contribution in [0.15, 0.2) is 9.59 Å². The highest BCUT2D eigenvalue weighted by Crippen LogP contribution is 2.09. The van der Waals surface area contributed by atoms with Crippen LogP contribution in [0.25, 0.3) is 0 Å². The first-order valence-electron chi connectivity index (χ1n) is 4.54. The molecule has 0 aromatic carbocycles. The Morgan fingerprint density at radius 2 is 2.07 bits per heavy atom. The number of nitrogen functional groups attached to an aromatic ring is 1. The van der Waals surface area contributed by atoms with Crippen LogP contribution in [-0.4, -0.2) is 28.7 Å². The Bertz CT molecular complexity index is 459. The number of hydrazine groups is 1. The van der Waals surface area contributed by atoms with Crippen molar-refractivity contribution in [1.29, 1.82) is 0 Å². The molecule has 0 atom stereocenters. The van der Waals surface area contributed by atoms with Crippen LogP contribution in [0, 0.1) is 0 Å². The fourth-order valence-corrected chi connectivity index (χ4v) is 1.23. The Hall–Kier alpha value is -1.76. The Labute approximate surface area is 86.5 Å². The van der Waals surface area contributed by atoms with Crippen molar-refractivity contribution in [3.05, 3.63) is 20.8 Å². The molecular weight excluding hydrogens is 198 g/mol. The van der Waals surface area contributed by atoms with Crippen molar-refractivity contribution in [3.63, 3.8) is 0 Å². The van der Waals surface area contributed by atoms with Crippen molar-refractivity contribution in [2.45, 2.75) is 13.5 Å². The molecular formula is C8H15N5O2. The van der Waals surface area contributed by atoms with E-state index < -0.39 is 11.2 Å². The maximum Gasteiger partial charge on any atom is 0.330 e. The van der Waals surface area contributed by atoms with Gasteiger partial charge in [0.25, 0.3) is 5.56 Å². The van der Waals surface area contributed by atoms with Gasteiger partial charge in [-0.25, -0.2) is 9.80 Å². The van der Waals surface area contributed by atoms with Gasteiger partial charge in [0.05, 0.1) is 0 Å². The van der Waals surface area contributed by atoms with Crippen molar-refractivity contribution < 1.29 is 0 Å². The number of anilines is 2. The molecule has 0 spiro atoms. The van der Waals surface area contributed by atoms with Gasteiger partial charge in [-0.3, -0.25) is 14.3 Å². The molecule has 1 aromatic rings. The largest absolute Gasteiger partial charge is 0.383 e. The van der Waals surface area contributed by atoms with E-state index in [2.05, 4.69) is 10.4 Å². The normalized spacial score (nSPS) is 10.7. The van der Waals surface area contributed by atoms with Crippen LogP contribution in [0.2, 0.25) is 0 Å². The zero-order valence-corrected chi connectivity index (χ0v) is 9.00. The molecule has 0 unspecified atom stereocenters. The number of rotatable bonds is 3. The predicted octanol–water partition coefficient (Wildman–Crippen LogP) is -0.973. The molecule has 0 aliphatic rings. The third kappa shape index (κ3) is 2.18. The minimum absolute atomic E-state index is 0.139. The van der Waals surface area contributed by atoms with Crippen LogP contribution in [0.3, 0.4) is 0 Å². The van der Waals surface area contributed by atoms with E-state index in [9.17, 15) is 9.59 Å². The topological polar surface area (TPSA) is 96.2 Å². The third-order valence-electron chi connectivity index (χ3n) is 1.89. The summed E-state index contributed by atoms with van der Waals surface area (Å²) in [6, 6.07) is 0. The molecule has 0 aliphatic carbocycles. The molecule has 7 heteroatoms. The van der Waals surface area contributed by atoms with Gasteiger partial charge in [-0.15, -0.1) is 0 Å². The summed E-state index contributed by atoms with van der Waals surface area (Å²) in [5, 5.41) is 1.57. The first kappa shape index (κ1) is 11.3. The summed E-state index contributed by atoms with van der Waals surface area (Å²) in [5.74, 6) is 0.139. The van der Waals surface area contributed by atoms with Gasteiger partial charge in [0, 0.05) is 20.6 Å². The summed E-state index contributed by atoms with van der Waals surface area (Å²) in [5.41, 5.74) is 7.61. The molecule has 1 heterocycles. The first-order chi connectivity index (χ1) is 6.97. The van der Waals surface area contributed by atoms with Crippen molar-refractivity contribution in [3.8, 4) is 0 Å². The zero-order chi connectivity index (χ0) is 11.6. The summed E-state index contributed by atoms with van der Waals surface area (Å²) in [4.78, 5) is 24.9. The van der Waals surface area contributed by atoms with Gasteiger partial charge in [0.15, 0.2) is 5.69 Å². The first-order valence-corrected chi connectivity index (χ1v) is 4.54. The van der Waals surface area contributed by atoms with Gasteiger partial charge >= 0.3 is 5.69 Å². The molecule has 0 saturated carbocycles. The number of aromatic nitrogens is 2. The smallest absolute Gasteiger partial charge is 0.330 e. The fourth-order valence-electron chi connectivity index (χ4n) is 1.23. The Morgan fingerprint density at radius 1 is 1.47 bits per heavy atom. The van der Waals surface area contributed by atoms with Crippen LogP contribution in [0.1, 0.15) is 6.92 Å². The molecule has 7 nitrogen and oxygen atoms in total. The number of nitrogens with zero attached hydrogens (tertiary/aromatic N) is 2. The van der Waals surface area contributed by atoms with Crippen molar-refractivity contribution in [1.82, 2.24) is 14.6 Å². The van der Waals surface area contributed by atoms with E-state index in [0.29, 0.717) is 6.54 Å². The number of hydrogen-bond donors (Lipinski definition) is 3. The number of nitrogens with two attached hydrogens (primary N) is 1. The highest BCUT2D eigenvalue weighted by Gasteiger charge is 2.10. The Kier molecular flexibility index (Phi) is 3.15. The van der Waals surface area contributed by atoms with Crippen LogP contribution >= 0.6 is 0 Å². The second-order valence-electron chi connectivity index (χ2n) is 3.27. The summed E-state index contributed by atoms with van der Waals surface area (Å²) in [7, 11) is 3.44. The molecule has 0 fully saturated rings. The molecule has 1 rings (SSSR count). The van der Waals surface area contributed by atoms with Crippen molar-refractivity contribution in [2.24, 2.45) is 0 Å². The van der Waals surface area contributed by atoms with Gasteiger partial charge < -0.3 is 11.2 Å².